The Bertz CT molecular complexity index is 2440. The second-order valence-corrected chi connectivity index (χ2v) is 19.2. The summed E-state index contributed by atoms with van der Waals surface area (Å²) in [6, 6.07) is 35.7. The molecule has 0 saturated heterocycles. The van der Waals surface area contributed by atoms with E-state index in [1.54, 1.807) is 0 Å². The highest BCUT2D eigenvalue weighted by molar-refractivity contribution is 9.10. The molecule has 2 nitrogen and oxygen atoms in total. The number of allylic oxidation sites excluding steroid dienone is 5. The molecule has 0 saturated carbocycles. The summed E-state index contributed by atoms with van der Waals surface area (Å²) in [5.41, 5.74) is 21.0. The van der Waals surface area contributed by atoms with Crippen molar-refractivity contribution in [2.75, 3.05) is 9.80 Å². The van der Waals surface area contributed by atoms with Crippen LogP contribution in [-0.4, -0.2) is 0 Å². The normalized spacial score (nSPS) is 14.7. The molecule has 0 amide bonds. The summed E-state index contributed by atoms with van der Waals surface area (Å²) in [5, 5.41) is 0. The number of hydrogen-bond acceptors (Lipinski definition) is 2. The zero-order valence-electron chi connectivity index (χ0n) is 40.1. The van der Waals surface area contributed by atoms with Crippen LogP contribution in [-0.2, 0) is 11.8 Å². The second-order valence-electron chi connectivity index (χ2n) is 18.3. The van der Waals surface area contributed by atoms with Gasteiger partial charge in [-0.15, -0.1) is 0 Å². The average molecular weight is 902 g/mol. The zero-order chi connectivity index (χ0) is 45.3. The number of rotatable bonds is 21. The lowest BCUT2D eigenvalue weighted by Crippen LogP contribution is -2.28. The SMILES string of the molecule is C=CC=C(C)N(C(=C)C(C)=CC)c1ccc2c(c1)C(CCCCCCCC)(c1cc(C)cc(CCCCCC)c1)c1cc(N(c3ccc(Br)cc3)c3c(C)cc(C)cc3C)ccc1-2. The van der Waals surface area contributed by atoms with Crippen molar-refractivity contribution in [1.29, 1.82) is 0 Å². The van der Waals surface area contributed by atoms with E-state index in [-0.39, 0.29) is 5.41 Å². The highest BCUT2D eigenvalue weighted by Gasteiger charge is 2.45. The molecule has 5 aromatic rings. The molecule has 63 heavy (non-hydrogen) atoms. The smallest absolute Gasteiger partial charge is 0.0520 e. The topological polar surface area (TPSA) is 6.48 Å². The lowest BCUT2D eigenvalue weighted by atomic mass is 9.68. The first-order valence-corrected chi connectivity index (χ1v) is 24.6. The third kappa shape index (κ3) is 10.4. The first-order valence-electron chi connectivity index (χ1n) is 23.8. The number of halogens is 1. The minimum atomic E-state index is -0.382. The maximum Gasteiger partial charge on any atom is 0.0520 e. The van der Waals surface area contributed by atoms with Gasteiger partial charge in [-0.05, 0) is 172 Å². The van der Waals surface area contributed by atoms with Crippen molar-refractivity contribution in [2.45, 2.75) is 145 Å². The Hall–Kier alpha value is -4.86. The van der Waals surface area contributed by atoms with Crippen LogP contribution in [0.4, 0.5) is 22.7 Å². The van der Waals surface area contributed by atoms with Gasteiger partial charge in [0.05, 0.1) is 5.69 Å². The van der Waals surface area contributed by atoms with Gasteiger partial charge >= 0.3 is 0 Å². The van der Waals surface area contributed by atoms with Crippen molar-refractivity contribution < 1.29 is 0 Å². The van der Waals surface area contributed by atoms with Crippen LogP contribution >= 0.6 is 15.9 Å². The van der Waals surface area contributed by atoms with E-state index in [1.807, 2.05) is 6.08 Å². The van der Waals surface area contributed by atoms with Crippen LogP contribution in [0.25, 0.3) is 11.1 Å². The van der Waals surface area contributed by atoms with Crippen LogP contribution in [0.5, 0.6) is 0 Å². The highest BCUT2D eigenvalue weighted by Crippen LogP contribution is 2.58. The predicted octanol–water partition coefficient (Wildman–Crippen LogP) is 18.7. The molecule has 5 aromatic carbocycles. The van der Waals surface area contributed by atoms with Gasteiger partial charge in [-0.25, -0.2) is 0 Å². The van der Waals surface area contributed by atoms with Gasteiger partial charge in [0.15, 0.2) is 0 Å². The van der Waals surface area contributed by atoms with Crippen LogP contribution in [0, 0.1) is 27.7 Å². The Kier molecular flexibility index (Phi) is 16.4. The van der Waals surface area contributed by atoms with Gasteiger partial charge in [-0.3, -0.25) is 0 Å². The predicted molar refractivity (Wildman–Crippen MR) is 280 cm³/mol. The number of benzene rings is 5. The number of aryl methyl sites for hydroxylation is 5. The Morgan fingerprint density at radius 1 is 0.651 bits per heavy atom. The van der Waals surface area contributed by atoms with E-state index >= 15 is 0 Å². The van der Waals surface area contributed by atoms with Crippen molar-refractivity contribution in [2.24, 2.45) is 0 Å². The molecule has 3 heteroatoms. The van der Waals surface area contributed by atoms with E-state index in [4.69, 9.17) is 0 Å². The quantitative estimate of drug-likeness (QED) is 0.0535. The van der Waals surface area contributed by atoms with Crippen LogP contribution in [0.2, 0.25) is 0 Å². The van der Waals surface area contributed by atoms with E-state index in [0.29, 0.717) is 0 Å². The summed E-state index contributed by atoms with van der Waals surface area (Å²) in [6.07, 6.45) is 20.8. The van der Waals surface area contributed by atoms with Crippen LogP contribution in [0.1, 0.15) is 150 Å². The first kappa shape index (κ1) is 47.6. The van der Waals surface area contributed by atoms with E-state index < -0.39 is 0 Å². The molecule has 1 unspecified atom stereocenters. The standard InChI is InChI=1S/C60H73BrN2/c1-12-16-18-20-21-23-34-60(50-38-43(6)37-49(39-50)25-22-19-17-13-2)57-40-53(62(47(10)24-14-3)48(11)44(7)15-4)30-32-55(57)56-33-31-54(41-58(56)60)63(52-28-26-51(61)27-29-52)59-45(8)35-42(5)36-46(59)9/h14-15,24,26-33,35-41H,3,11-13,16-23,25,34H2,1-2,4-10H3. The molecule has 0 bridgehead atoms. The molecule has 1 aliphatic rings. The minimum Gasteiger partial charge on any atom is -0.315 e. The average Bonchev–Trinajstić information content (AvgIpc) is 3.53. The fourth-order valence-corrected chi connectivity index (χ4v) is 10.5. The Labute approximate surface area is 390 Å². The molecule has 0 fully saturated rings. The van der Waals surface area contributed by atoms with Crippen molar-refractivity contribution in [3.63, 3.8) is 0 Å². The summed E-state index contributed by atoms with van der Waals surface area (Å²) in [6.45, 7) is 28.9. The van der Waals surface area contributed by atoms with E-state index in [2.05, 4.69) is 204 Å². The van der Waals surface area contributed by atoms with E-state index in [0.717, 1.165) is 52.1 Å². The van der Waals surface area contributed by atoms with Crippen LogP contribution < -0.4 is 9.80 Å². The summed E-state index contributed by atoms with van der Waals surface area (Å²) < 4.78 is 1.08. The molecule has 0 aliphatic heterocycles. The molecular weight excluding hydrogens is 829 g/mol. The van der Waals surface area contributed by atoms with Gasteiger partial charge in [0.1, 0.15) is 0 Å². The lowest BCUT2D eigenvalue weighted by molar-refractivity contribution is 0.506. The summed E-state index contributed by atoms with van der Waals surface area (Å²) in [7, 11) is 0. The molecule has 0 aromatic heterocycles. The maximum atomic E-state index is 4.67. The molecule has 6 rings (SSSR count). The molecule has 1 atom stereocenters. The zero-order valence-corrected chi connectivity index (χ0v) is 41.7. The Morgan fingerprint density at radius 2 is 1.21 bits per heavy atom. The maximum absolute atomic E-state index is 4.67. The van der Waals surface area contributed by atoms with Crippen molar-refractivity contribution in [1.82, 2.24) is 0 Å². The summed E-state index contributed by atoms with van der Waals surface area (Å²) in [5.74, 6) is 0. The number of hydrogen-bond donors (Lipinski definition) is 0. The third-order valence-corrected chi connectivity index (χ3v) is 13.9. The molecule has 0 spiro atoms. The number of fused-ring (bicyclic) bond motifs is 3. The van der Waals surface area contributed by atoms with Crippen molar-refractivity contribution in [3.8, 4) is 11.1 Å². The van der Waals surface area contributed by atoms with Crippen LogP contribution in [0.3, 0.4) is 0 Å². The number of anilines is 4. The third-order valence-electron chi connectivity index (χ3n) is 13.4. The van der Waals surface area contributed by atoms with Gasteiger partial charge in [0.2, 0.25) is 0 Å². The minimum absolute atomic E-state index is 0.382. The molecule has 0 N–H and O–H groups in total. The Morgan fingerprint density at radius 3 is 1.83 bits per heavy atom. The molecule has 0 radical (unpaired) electrons. The number of nitrogens with zero attached hydrogens (tertiary/aromatic N) is 2. The van der Waals surface area contributed by atoms with Gasteiger partial charge in [0.25, 0.3) is 0 Å². The van der Waals surface area contributed by atoms with Gasteiger partial charge in [-0.1, -0.05) is 166 Å². The van der Waals surface area contributed by atoms with Crippen LogP contribution in [0.15, 0.2) is 144 Å². The summed E-state index contributed by atoms with van der Waals surface area (Å²) >= 11 is 3.74. The molecule has 330 valence electrons. The molecule has 0 heterocycles. The second kappa shape index (κ2) is 21.7. The van der Waals surface area contributed by atoms with Crippen molar-refractivity contribution in [3.05, 3.63) is 188 Å². The fourth-order valence-electron chi connectivity index (χ4n) is 10.3. The Balaban J connectivity index is 1.68. The highest BCUT2D eigenvalue weighted by atomic mass is 79.9. The van der Waals surface area contributed by atoms with Gasteiger partial charge < -0.3 is 9.80 Å². The number of unbranched alkanes of at least 4 members (excludes halogenated alkanes) is 8. The van der Waals surface area contributed by atoms with Crippen molar-refractivity contribution >= 4 is 38.7 Å². The summed E-state index contributed by atoms with van der Waals surface area (Å²) in [4.78, 5) is 4.83. The monoisotopic (exact) mass is 900 g/mol. The molecular formula is C60H73BrN2. The van der Waals surface area contributed by atoms with E-state index in [1.165, 1.54) is 125 Å². The lowest BCUT2D eigenvalue weighted by Gasteiger charge is -2.36. The largest absolute Gasteiger partial charge is 0.315 e. The van der Waals surface area contributed by atoms with Gasteiger partial charge in [0, 0.05) is 38.3 Å². The molecule has 1 aliphatic carbocycles. The van der Waals surface area contributed by atoms with Gasteiger partial charge in [-0.2, -0.15) is 0 Å². The van der Waals surface area contributed by atoms with E-state index in [9.17, 15) is 0 Å². The first-order chi connectivity index (χ1) is 30.4. The fraction of sp³-hybridized carbons (Fsp3) is 0.367.